The van der Waals surface area contributed by atoms with Gasteiger partial charge in [-0.1, -0.05) is 26.7 Å². The second-order valence-corrected chi connectivity index (χ2v) is 5.91. The van der Waals surface area contributed by atoms with Gasteiger partial charge in [-0.2, -0.15) is 0 Å². The van der Waals surface area contributed by atoms with Crippen molar-refractivity contribution < 1.29 is 5.11 Å². The molecule has 2 saturated carbocycles. The lowest BCUT2D eigenvalue weighted by Crippen LogP contribution is -2.60. The molecule has 2 aliphatic carbocycles. The minimum Gasteiger partial charge on any atom is -0.388 e. The first-order valence-electron chi connectivity index (χ1n) is 5.39. The van der Waals surface area contributed by atoms with E-state index in [4.69, 9.17) is 5.73 Å². The van der Waals surface area contributed by atoms with Crippen molar-refractivity contribution >= 4 is 0 Å². The first-order chi connectivity index (χ1) is 5.91. The first kappa shape index (κ1) is 9.47. The van der Waals surface area contributed by atoms with E-state index in [0.29, 0.717) is 5.41 Å². The first-order valence-corrected chi connectivity index (χ1v) is 5.39. The van der Waals surface area contributed by atoms with Gasteiger partial charge in [-0.25, -0.2) is 0 Å². The van der Waals surface area contributed by atoms with Crippen LogP contribution in [-0.4, -0.2) is 16.7 Å². The van der Waals surface area contributed by atoms with Gasteiger partial charge in [0.25, 0.3) is 0 Å². The normalized spacial score (nSPS) is 32.3. The van der Waals surface area contributed by atoms with Crippen LogP contribution in [0.2, 0.25) is 0 Å². The van der Waals surface area contributed by atoms with Crippen LogP contribution in [-0.2, 0) is 0 Å². The Morgan fingerprint density at radius 2 is 1.92 bits per heavy atom. The van der Waals surface area contributed by atoms with Gasteiger partial charge in [0.2, 0.25) is 0 Å². The second kappa shape index (κ2) is 2.71. The van der Waals surface area contributed by atoms with Crippen molar-refractivity contribution in [3.63, 3.8) is 0 Å². The van der Waals surface area contributed by atoms with Crippen LogP contribution in [0.5, 0.6) is 0 Å². The molecule has 2 heteroatoms. The van der Waals surface area contributed by atoms with Crippen LogP contribution in [0.25, 0.3) is 0 Å². The molecule has 1 atom stereocenters. The molecule has 0 aromatic carbocycles. The molecular formula is C11H21NO. The summed E-state index contributed by atoms with van der Waals surface area (Å²) in [5.41, 5.74) is 5.81. The van der Waals surface area contributed by atoms with Crippen LogP contribution in [0.15, 0.2) is 0 Å². The average molecular weight is 183 g/mol. The lowest BCUT2D eigenvalue weighted by Gasteiger charge is -2.52. The number of nitrogens with two attached hydrogens (primary N) is 1. The largest absolute Gasteiger partial charge is 0.388 e. The molecule has 0 aromatic heterocycles. The summed E-state index contributed by atoms with van der Waals surface area (Å²) >= 11 is 0. The minimum absolute atomic E-state index is 0.0213. The number of aliphatic hydroxyl groups is 1. The zero-order valence-corrected chi connectivity index (χ0v) is 8.71. The third kappa shape index (κ3) is 1.89. The molecule has 2 fully saturated rings. The molecule has 76 valence electrons. The molecule has 0 amide bonds. The molecule has 2 rings (SSSR count). The van der Waals surface area contributed by atoms with Crippen LogP contribution in [0, 0.1) is 11.3 Å². The molecule has 1 unspecified atom stereocenters. The molecule has 0 heterocycles. The van der Waals surface area contributed by atoms with Crippen molar-refractivity contribution in [3.8, 4) is 0 Å². The molecule has 2 aliphatic rings. The predicted octanol–water partition coefficient (Wildman–Crippen LogP) is 1.66. The molecule has 0 bridgehead atoms. The Bertz CT molecular complexity index is 200. The van der Waals surface area contributed by atoms with E-state index in [1.54, 1.807) is 0 Å². The minimum atomic E-state index is -0.536. The van der Waals surface area contributed by atoms with Crippen LogP contribution in [0.4, 0.5) is 0 Å². The number of hydrogen-bond acceptors (Lipinski definition) is 2. The molecule has 13 heavy (non-hydrogen) atoms. The van der Waals surface area contributed by atoms with E-state index < -0.39 is 5.60 Å². The fourth-order valence-electron chi connectivity index (χ4n) is 2.80. The van der Waals surface area contributed by atoms with E-state index in [1.807, 2.05) is 0 Å². The molecule has 0 radical (unpaired) electrons. The van der Waals surface area contributed by atoms with Gasteiger partial charge in [0, 0.05) is 6.04 Å². The van der Waals surface area contributed by atoms with Crippen molar-refractivity contribution in [1.29, 1.82) is 0 Å². The van der Waals surface area contributed by atoms with E-state index in [9.17, 15) is 5.11 Å². The summed E-state index contributed by atoms with van der Waals surface area (Å²) in [6, 6.07) is 0.0213. The van der Waals surface area contributed by atoms with Crippen molar-refractivity contribution in [1.82, 2.24) is 0 Å². The molecule has 0 aliphatic heterocycles. The van der Waals surface area contributed by atoms with Gasteiger partial charge in [0.15, 0.2) is 0 Å². The topological polar surface area (TPSA) is 46.2 Å². The van der Waals surface area contributed by atoms with E-state index in [1.165, 1.54) is 12.8 Å². The maximum atomic E-state index is 10.2. The Labute approximate surface area is 80.5 Å². The Kier molecular flexibility index (Phi) is 1.97. The van der Waals surface area contributed by atoms with Crippen LogP contribution in [0.3, 0.4) is 0 Å². The molecule has 0 aromatic rings. The summed E-state index contributed by atoms with van der Waals surface area (Å²) in [5.74, 6) is 0.822. The number of rotatable bonds is 3. The van der Waals surface area contributed by atoms with Gasteiger partial charge >= 0.3 is 0 Å². The van der Waals surface area contributed by atoms with Crippen molar-refractivity contribution in [2.24, 2.45) is 17.1 Å². The molecular weight excluding hydrogens is 162 g/mol. The highest BCUT2D eigenvalue weighted by atomic mass is 16.3. The van der Waals surface area contributed by atoms with Gasteiger partial charge < -0.3 is 10.8 Å². The third-order valence-corrected chi connectivity index (χ3v) is 3.54. The summed E-state index contributed by atoms with van der Waals surface area (Å²) < 4.78 is 0. The summed E-state index contributed by atoms with van der Waals surface area (Å²) in [6.07, 6.45) is 5.45. The van der Waals surface area contributed by atoms with Crippen LogP contribution in [0.1, 0.15) is 46.0 Å². The lowest BCUT2D eigenvalue weighted by molar-refractivity contribution is -0.130. The highest BCUT2D eigenvalue weighted by Gasteiger charge is 2.52. The Balaban J connectivity index is 1.85. The molecule has 2 nitrogen and oxygen atoms in total. The van der Waals surface area contributed by atoms with Gasteiger partial charge in [-0.15, -0.1) is 0 Å². The van der Waals surface area contributed by atoms with E-state index in [-0.39, 0.29) is 6.04 Å². The average Bonchev–Trinajstić information content (AvgIpc) is 2.66. The highest BCUT2D eigenvalue weighted by molar-refractivity contribution is 5.06. The standard InChI is InChI=1S/C11H21NO/c1-10(2)6-11(13,7-10)9(12)5-8-3-4-8/h8-9,13H,3-7,12H2,1-2H3. The van der Waals surface area contributed by atoms with Crippen molar-refractivity contribution in [2.75, 3.05) is 0 Å². The maximum absolute atomic E-state index is 10.2. The quantitative estimate of drug-likeness (QED) is 0.699. The Morgan fingerprint density at radius 3 is 2.31 bits per heavy atom. The zero-order valence-electron chi connectivity index (χ0n) is 8.71. The molecule has 0 spiro atoms. The molecule has 3 N–H and O–H groups in total. The summed E-state index contributed by atoms with van der Waals surface area (Å²) in [7, 11) is 0. The SMILES string of the molecule is CC1(C)CC(O)(C(N)CC2CC2)C1. The smallest absolute Gasteiger partial charge is 0.0808 e. The fourth-order valence-corrected chi connectivity index (χ4v) is 2.80. The number of hydrogen-bond donors (Lipinski definition) is 2. The van der Waals surface area contributed by atoms with Crippen molar-refractivity contribution in [3.05, 3.63) is 0 Å². The Hall–Kier alpha value is -0.0800. The van der Waals surface area contributed by atoms with Gasteiger partial charge in [-0.3, -0.25) is 0 Å². The lowest BCUT2D eigenvalue weighted by atomic mass is 9.58. The zero-order chi connectivity index (χ0) is 9.69. The van der Waals surface area contributed by atoms with Crippen LogP contribution >= 0.6 is 0 Å². The second-order valence-electron chi connectivity index (χ2n) is 5.91. The predicted molar refractivity (Wildman–Crippen MR) is 53.3 cm³/mol. The molecule has 0 saturated heterocycles. The van der Waals surface area contributed by atoms with Crippen LogP contribution < -0.4 is 5.73 Å². The fraction of sp³-hybridized carbons (Fsp3) is 1.00. The maximum Gasteiger partial charge on any atom is 0.0808 e. The van der Waals surface area contributed by atoms with Crippen molar-refractivity contribution in [2.45, 2.75) is 57.6 Å². The summed E-state index contributed by atoms with van der Waals surface area (Å²) in [4.78, 5) is 0. The monoisotopic (exact) mass is 183 g/mol. The highest BCUT2D eigenvalue weighted by Crippen LogP contribution is 2.51. The summed E-state index contributed by atoms with van der Waals surface area (Å²) in [6.45, 7) is 4.40. The van der Waals surface area contributed by atoms with Gasteiger partial charge in [-0.05, 0) is 30.6 Å². The van der Waals surface area contributed by atoms with Gasteiger partial charge in [0.05, 0.1) is 5.60 Å². The Morgan fingerprint density at radius 1 is 1.38 bits per heavy atom. The van der Waals surface area contributed by atoms with E-state index in [0.717, 1.165) is 25.2 Å². The van der Waals surface area contributed by atoms with E-state index >= 15 is 0 Å². The van der Waals surface area contributed by atoms with E-state index in [2.05, 4.69) is 13.8 Å². The summed E-state index contributed by atoms with van der Waals surface area (Å²) in [5, 5.41) is 10.2. The van der Waals surface area contributed by atoms with Gasteiger partial charge in [0.1, 0.15) is 0 Å². The third-order valence-electron chi connectivity index (χ3n) is 3.54.